The van der Waals surface area contributed by atoms with Crippen LogP contribution in [-0.2, 0) is 4.74 Å². The smallest absolute Gasteiger partial charge is 0.256 e. The summed E-state index contributed by atoms with van der Waals surface area (Å²) < 4.78 is 35.6. The van der Waals surface area contributed by atoms with E-state index in [1.54, 1.807) is 12.1 Å². The van der Waals surface area contributed by atoms with E-state index >= 15 is 0 Å². The van der Waals surface area contributed by atoms with Crippen molar-refractivity contribution < 1.29 is 23.4 Å². The third-order valence-electron chi connectivity index (χ3n) is 7.90. The normalized spacial score (nSPS) is 21.1. The van der Waals surface area contributed by atoms with Crippen LogP contribution in [0.1, 0.15) is 42.5 Å². The summed E-state index contributed by atoms with van der Waals surface area (Å²) in [5, 5.41) is 12.5. The summed E-state index contributed by atoms with van der Waals surface area (Å²) in [4.78, 5) is 33.2. The van der Waals surface area contributed by atoms with Gasteiger partial charge in [-0.2, -0.15) is 0 Å². The molecule has 0 bridgehead atoms. The van der Waals surface area contributed by atoms with Crippen molar-refractivity contribution in [2.45, 2.75) is 38.2 Å². The first-order valence-electron chi connectivity index (χ1n) is 13.8. The van der Waals surface area contributed by atoms with E-state index in [9.17, 15) is 23.5 Å². The number of nitrogens with one attached hydrogen (secondary N) is 1. The number of hydrogen-bond donors (Lipinski definition) is 2. The van der Waals surface area contributed by atoms with Crippen molar-refractivity contribution in [2.24, 2.45) is 11.8 Å². The number of nitrogens with zero attached hydrogens (tertiary/aromatic N) is 3. The minimum atomic E-state index is -0.856. The number of anilines is 1. The molecule has 2 N–H and O–H groups in total. The molecular formula is C30H34F2N4O4. The molecule has 5 rings (SSSR count). The van der Waals surface area contributed by atoms with Crippen molar-refractivity contribution in [3.8, 4) is 5.69 Å². The third kappa shape index (κ3) is 5.93. The molecule has 3 aromatic rings. The molecule has 8 nitrogen and oxygen atoms in total. The fourth-order valence-corrected chi connectivity index (χ4v) is 5.80. The number of fused-ring (bicyclic) bond motifs is 1. The standard InChI is InChI=1S/C30H34F2N4O4/c1-2-3-19-4-5-20(14-19)10-11-33-30(39)24-17-36(26-8-6-21(31)15-25(26)32)29-23(28(24)38)7-9-27(34-29)35-12-13-40-22(16-35)18-37/h2,6-9,15,17,19-20,22,37H,1,3-5,10-14,16,18H2,(H,33,39). The monoisotopic (exact) mass is 552 g/mol. The summed E-state index contributed by atoms with van der Waals surface area (Å²) in [5.74, 6) is -0.490. The molecular weight excluding hydrogens is 518 g/mol. The van der Waals surface area contributed by atoms with Gasteiger partial charge in [0.2, 0.25) is 5.43 Å². The Morgan fingerprint density at radius 2 is 2.05 bits per heavy atom. The number of hydrogen-bond acceptors (Lipinski definition) is 6. The number of morpholine rings is 1. The van der Waals surface area contributed by atoms with Crippen molar-refractivity contribution in [3.63, 3.8) is 0 Å². The van der Waals surface area contributed by atoms with Gasteiger partial charge in [-0.05, 0) is 61.8 Å². The first-order chi connectivity index (χ1) is 19.4. The number of allylic oxidation sites excluding steroid dienone is 1. The Labute approximate surface area is 231 Å². The zero-order valence-electron chi connectivity index (χ0n) is 22.3. The van der Waals surface area contributed by atoms with Gasteiger partial charge < -0.3 is 20.1 Å². The molecule has 3 heterocycles. The van der Waals surface area contributed by atoms with Gasteiger partial charge in [0.15, 0.2) is 5.65 Å². The highest BCUT2D eigenvalue weighted by Crippen LogP contribution is 2.35. The molecule has 0 radical (unpaired) electrons. The minimum absolute atomic E-state index is 0.0421. The highest BCUT2D eigenvalue weighted by atomic mass is 19.1. The number of carbonyl (C=O) groups is 1. The second-order valence-electron chi connectivity index (χ2n) is 10.6. The molecule has 3 atom stereocenters. The number of carbonyl (C=O) groups excluding carboxylic acids is 1. The predicted molar refractivity (Wildman–Crippen MR) is 149 cm³/mol. The van der Waals surface area contributed by atoms with Crippen LogP contribution in [0.15, 0.2) is 54.0 Å². The number of halogens is 2. The molecule has 2 aliphatic rings. The zero-order valence-corrected chi connectivity index (χ0v) is 22.3. The molecule has 2 fully saturated rings. The Bertz CT molecular complexity index is 1460. The molecule has 40 heavy (non-hydrogen) atoms. The van der Waals surface area contributed by atoms with Gasteiger partial charge >= 0.3 is 0 Å². The van der Waals surface area contributed by atoms with Crippen LogP contribution >= 0.6 is 0 Å². The van der Waals surface area contributed by atoms with Crippen molar-refractivity contribution in [1.29, 1.82) is 0 Å². The lowest BCUT2D eigenvalue weighted by atomic mass is 9.99. The first-order valence-corrected chi connectivity index (χ1v) is 13.8. The fraction of sp³-hybridized carbons (Fsp3) is 0.433. The van der Waals surface area contributed by atoms with Crippen LogP contribution in [0.25, 0.3) is 16.7 Å². The summed E-state index contributed by atoms with van der Waals surface area (Å²) in [6, 6.07) is 6.34. The molecule has 1 amide bonds. The maximum Gasteiger partial charge on any atom is 0.256 e. The van der Waals surface area contributed by atoms with E-state index in [-0.39, 0.29) is 35.0 Å². The van der Waals surface area contributed by atoms with Crippen LogP contribution in [0.4, 0.5) is 14.6 Å². The van der Waals surface area contributed by atoms with Gasteiger partial charge in [-0.15, -0.1) is 6.58 Å². The summed E-state index contributed by atoms with van der Waals surface area (Å²) in [6.07, 6.45) is 8.03. The van der Waals surface area contributed by atoms with E-state index in [0.717, 1.165) is 44.2 Å². The summed E-state index contributed by atoms with van der Waals surface area (Å²) in [7, 11) is 0. The lowest BCUT2D eigenvalue weighted by Gasteiger charge is -2.33. The number of aliphatic hydroxyl groups is 1. The van der Waals surface area contributed by atoms with Gasteiger partial charge in [-0.3, -0.25) is 14.2 Å². The van der Waals surface area contributed by atoms with Gasteiger partial charge in [0.25, 0.3) is 5.91 Å². The summed E-state index contributed by atoms with van der Waals surface area (Å²) >= 11 is 0. The Morgan fingerprint density at radius 3 is 2.83 bits per heavy atom. The first kappa shape index (κ1) is 27.9. The average Bonchev–Trinajstić information content (AvgIpc) is 3.41. The van der Waals surface area contributed by atoms with Gasteiger partial charge in [0.05, 0.1) is 30.4 Å². The largest absolute Gasteiger partial charge is 0.394 e. The number of pyridine rings is 2. The minimum Gasteiger partial charge on any atom is -0.394 e. The number of ether oxygens (including phenoxy) is 1. The van der Waals surface area contributed by atoms with Crippen molar-refractivity contribution in [3.05, 3.63) is 76.6 Å². The topological polar surface area (TPSA) is 96.7 Å². The third-order valence-corrected chi connectivity index (χ3v) is 7.90. The van der Waals surface area contributed by atoms with Gasteiger partial charge in [-0.1, -0.05) is 12.5 Å². The molecule has 10 heteroatoms. The van der Waals surface area contributed by atoms with E-state index < -0.39 is 23.0 Å². The molecule has 1 aliphatic heterocycles. The van der Waals surface area contributed by atoms with E-state index in [0.29, 0.717) is 43.9 Å². The number of aliphatic hydroxyl groups excluding tert-OH is 1. The van der Waals surface area contributed by atoms with Crippen molar-refractivity contribution in [1.82, 2.24) is 14.9 Å². The summed E-state index contributed by atoms with van der Waals surface area (Å²) in [5.41, 5.74) is -0.573. The highest BCUT2D eigenvalue weighted by Gasteiger charge is 2.25. The van der Waals surface area contributed by atoms with Crippen LogP contribution in [0.5, 0.6) is 0 Å². The Hall–Kier alpha value is -3.63. The lowest BCUT2D eigenvalue weighted by Crippen LogP contribution is -2.44. The predicted octanol–water partition coefficient (Wildman–Crippen LogP) is 3.97. The SMILES string of the molecule is C=CCC1CCC(CCNC(=O)c2cn(-c3ccc(F)cc3F)c3nc(N4CCOC(CO)C4)ccc3c2=O)C1. The molecule has 3 unspecified atom stereocenters. The quantitative estimate of drug-likeness (QED) is 0.390. The van der Waals surface area contributed by atoms with Gasteiger partial charge in [-0.25, -0.2) is 13.8 Å². The van der Waals surface area contributed by atoms with Gasteiger partial charge in [0.1, 0.15) is 23.0 Å². The van der Waals surface area contributed by atoms with Crippen molar-refractivity contribution in [2.75, 3.05) is 37.7 Å². The van der Waals surface area contributed by atoms with E-state index in [2.05, 4.69) is 16.9 Å². The van der Waals surface area contributed by atoms with Gasteiger partial charge in [0, 0.05) is 31.9 Å². The molecule has 1 aromatic carbocycles. The molecule has 2 aromatic heterocycles. The number of amides is 1. The second-order valence-corrected chi connectivity index (χ2v) is 10.6. The van der Waals surface area contributed by atoms with E-state index in [1.165, 1.54) is 16.8 Å². The Morgan fingerprint density at radius 1 is 1.23 bits per heavy atom. The fourth-order valence-electron chi connectivity index (χ4n) is 5.80. The summed E-state index contributed by atoms with van der Waals surface area (Å²) in [6.45, 7) is 5.39. The van der Waals surface area contributed by atoms with Crippen molar-refractivity contribution >= 4 is 22.8 Å². The van der Waals surface area contributed by atoms with E-state index in [4.69, 9.17) is 4.74 Å². The average molecular weight is 553 g/mol. The number of rotatable bonds is 9. The van der Waals surface area contributed by atoms with Crippen LogP contribution in [0.2, 0.25) is 0 Å². The maximum absolute atomic E-state index is 15.0. The van der Waals surface area contributed by atoms with Crippen LogP contribution < -0.4 is 15.6 Å². The number of aromatic nitrogens is 2. The molecule has 1 aliphatic carbocycles. The second kappa shape index (κ2) is 12.3. The van der Waals surface area contributed by atoms with Crippen LogP contribution in [0, 0.1) is 23.5 Å². The van der Waals surface area contributed by atoms with Crippen LogP contribution in [-0.4, -0.2) is 59.5 Å². The Balaban J connectivity index is 1.46. The maximum atomic E-state index is 15.0. The molecule has 1 saturated heterocycles. The van der Waals surface area contributed by atoms with Crippen LogP contribution in [0.3, 0.4) is 0 Å². The molecule has 212 valence electrons. The lowest BCUT2D eigenvalue weighted by molar-refractivity contribution is 0.00337. The molecule has 0 spiro atoms. The molecule has 1 saturated carbocycles. The highest BCUT2D eigenvalue weighted by molar-refractivity contribution is 5.97. The number of benzene rings is 1. The Kier molecular flexibility index (Phi) is 8.56. The zero-order chi connectivity index (χ0) is 28.2. The van der Waals surface area contributed by atoms with E-state index in [1.807, 2.05) is 11.0 Å².